The van der Waals surface area contributed by atoms with Crippen molar-refractivity contribution in [1.29, 1.82) is 0 Å². The van der Waals surface area contributed by atoms with Crippen LogP contribution in [0, 0.1) is 0 Å². The van der Waals surface area contributed by atoms with Crippen LogP contribution in [0.3, 0.4) is 0 Å². The first kappa shape index (κ1) is 22.6. The highest BCUT2D eigenvalue weighted by Crippen LogP contribution is 2.14. The lowest BCUT2D eigenvalue weighted by Crippen LogP contribution is -2.42. The first-order valence-electron chi connectivity index (χ1n) is 10.2. The van der Waals surface area contributed by atoms with E-state index in [9.17, 15) is 8.42 Å². The third kappa shape index (κ3) is 8.58. The molecule has 1 saturated heterocycles. The van der Waals surface area contributed by atoms with Crippen LogP contribution < -0.4 is 15.4 Å². The summed E-state index contributed by atoms with van der Waals surface area (Å²) in [6, 6.07) is 10.2. The third-order valence-electron chi connectivity index (χ3n) is 4.70. The molecule has 0 bridgehead atoms. The normalized spacial score (nSPS) is 19.2. The molecule has 28 heavy (non-hydrogen) atoms. The van der Waals surface area contributed by atoms with E-state index >= 15 is 0 Å². The number of aliphatic imine (C=N–C) groups is 1. The Morgan fingerprint density at radius 2 is 2.04 bits per heavy atom. The summed E-state index contributed by atoms with van der Waals surface area (Å²) in [5.74, 6) is 0.923. The van der Waals surface area contributed by atoms with Crippen molar-refractivity contribution >= 4 is 16.0 Å². The second kappa shape index (κ2) is 12.0. The van der Waals surface area contributed by atoms with Crippen LogP contribution in [0.15, 0.2) is 35.3 Å². The maximum atomic E-state index is 12.2. The third-order valence-corrected chi connectivity index (χ3v) is 6.05. The van der Waals surface area contributed by atoms with Gasteiger partial charge in [0.2, 0.25) is 10.0 Å². The van der Waals surface area contributed by atoms with Gasteiger partial charge < -0.3 is 15.4 Å². The second-order valence-corrected chi connectivity index (χ2v) is 9.04. The molecule has 0 saturated carbocycles. The van der Waals surface area contributed by atoms with Crippen LogP contribution in [-0.4, -0.2) is 59.0 Å². The molecule has 1 aromatic rings. The van der Waals surface area contributed by atoms with E-state index < -0.39 is 10.0 Å². The Kier molecular flexibility index (Phi) is 9.73. The van der Waals surface area contributed by atoms with Gasteiger partial charge in [0.25, 0.3) is 0 Å². The van der Waals surface area contributed by atoms with Gasteiger partial charge in [0.05, 0.1) is 11.9 Å². The van der Waals surface area contributed by atoms with Gasteiger partial charge in [-0.05, 0) is 31.7 Å². The summed E-state index contributed by atoms with van der Waals surface area (Å²) in [5, 5.41) is 6.27. The zero-order chi connectivity index (χ0) is 20.2. The van der Waals surface area contributed by atoms with Gasteiger partial charge in [-0.2, -0.15) is 0 Å². The van der Waals surface area contributed by atoms with Crippen LogP contribution in [-0.2, 0) is 14.8 Å². The average Bonchev–Trinajstić information content (AvgIpc) is 2.71. The van der Waals surface area contributed by atoms with Crippen LogP contribution in [0.25, 0.3) is 0 Å². The summed E-state index contributed by atoms with van der Waals surface area (Å²) in [5.41, 5.74) is 1.24. The Bertz CT molecular complexity index is 689. The number of hydrogen-bond acceptors (Lipinski definition) is 4. The van der Waals surface area contributed by atoms with Gasteiger partial charge in [0, 0.05) is 38.7 Å². The fraction of sp³-hybridized carbons (Fsp3) is 0.650. The predicted molar refractivity (Wildman–Crippen MR) is 114 cm³/mol. The van der Waals surface area contributed by atoms with Crippen molar-refractivity contribution in [3.8, 4) is 0 Å². The fourth-order valence-electron chi connectivity index (χ4n) is 3.02. The number of nitrogens with one attached hydrogen (secondary N) is 3. The number of nitrogens with zero attached hydrogens (tertiary/aromatic N) is 1. The van der Waals surface area contributed by atoms with Crippen LogP contribution in [0.4, 0.5) is 0 Å². The van der Waals surface area contributed by atoms with Gasteiger partial charge in [0.1, 0.15) is 0 Å². The number of rotatable bonds is 10. The van der Waals surface area contributed by atoms with Crippen molar-refractivity contribution in [3.05, 3.63) is 35.9 Å². The van der Waals surface area contributed by atoms with Crippen molar-refractivity contribution in [2.45, 2.75) is 45.1 Å². The molecule has 8 heteroatoms. The van der Waals surface area contributed by atoms with Crippen molar-refractivity contribution in [1.82, 2.24) is 15.4 Å². The van der Waals surface area contributed by atoms with Crippen LogP contribution in [0.1, 0.15) is 44.6 Å². The Morgan fingerprint density at radius 3 is 2.71 bits per heavy atom. The fourth-order valence-corrected chi connectivity index (χ4v) is 3.98. The molecule has 0 aromatic heterocycles. The zero-order valence-electron chi connectivity index (χ0n) is 17.0. The van der Waals surface area contributed by atoms with E-state index in [4.69, 9.17) is 4.74 Å². The summed E-state index contributed by atoms with van der Waals surface area (Å²) in [4.78, 5) is 4.59. The van der Waals surface area contributed by atoms with Crippen LogP contribution in [0.2, 0.25) is 0 Å². The molecule has 1 fully saturated rings. The average molecular weight is 411 g/mol. The maximum Gasteiger partial charge on any atom is 0.213 e. The van der Waals surface area contributed by atoms with Gasteiger partial charge >= 0.3 is 0 Å². The monoisotopic (exact) mass is 410 g/mol. The number of benzene rings is 1. The first-order valence-corrected chi connectivity index (χ1v) is 11.8. The molecule has 2 rings (SSSR count). The number of guanidine groups is 1. The van der Waals surface area contributed by atoms with E-state index in [1.54, 1.807) is 0 Å². The highest BCUT2D eigenvalue weighted by molar-refractivity contribution is 7.89. The molecule has 1 aromatic carbocycles. The Labute approximate surface area is 169 Å². The molecule has 0 spiro atoms. The maximum absolute atomic E-state index is 12.2. The van der Waals surface area contributed by atoms with Crippen molar-refractivity contribution in [2.24, 2.45) is 4.99 Å². The van der Waals surface area contributed by atoms with E-state index in [0.29, 0.717) is 25.6 Å². The van der Waals surface area contributed by atoms with E-state index in [1.807, 2.05) is 25.1 Å². The number of hydrogen-bond donors (Lipinski definition) is 3. The van der Waals surface area contributed by atoms with Gasteiger partial charge in [0.15, 0.2) is 5.96 Å². The molecule has 2 atom stereocenters. The summed E-state index contributed by atoms with van der Waals surface area (Å²) in [7, 11) is -3.34. The molecule has 0 radical (unpaired) electrons. The van der Waals surface area contributed by atoms with Crippen LogP contribution >= 0.6 is 0 Å². The molecule has 1 heterocycles. The predicted octanol–water partition coefficient (Wildman–Crippen LogP) is 1.83. The molecule has 1 aliphatic heterocycles. The largest absolute Gasteiger partial charge is 0.377 e. The SMILES string of the molecule is CCNC(=NCC(C)c1ccccc1)NCCS(=O)(=O)NCC1CCCCO1. The summed E-state index contributed by atoms with van der Waals surface area (Å²) in [6.45, 7) is 6.83. The second-order valence-electron chi connectivity index (χ2n) is 7.11. The summed E-state index contributed by atoms with van der Waals surface area (Å²) < 4.78 is 32.6. The molecule has 7 nitrogen and oxygen atoms in total. The standard InChI is InChI=1S/C20H34N4O3S/c1-3-21-20(23-15-17(2)18-9-5-4-6-10-18)22-12-14-28(25,26)24-16-19-11-7-8-13-27-19/h4-6,9-10,17,19,24H,3,7-8,11-16H2,1-2H3,(H2,21,22,23). The Hall–Kier alpha value is -1.64. The topological polar surface area (TPSA) is 91.8 Å². The van der Waals surface area contributed by atoms with Gasteiger partial charge in [-0.25, -0.2) is 13.1 Å². The lowest BCUT2D eigenvalue weighted by Gasteiger charge is -2.22. The first-order chi connectivity index (χ1) is 13.5. The molecule has 3 N–H and O–H groups in total. The quantitative estimate of drug-likeness (QED) is 0.404. The highest BCUT2D eigenvalue weighted by atomic mass is 32.2. The molecule has 0 amide bonds. The van der Waals surface area contributed by atoms with E-state index in [2.05, 4.69) is 39.4 Å². The Balaban J connectivity index is 1.76. The lowest BCUT2D eigenvalue weighted by atomic mass is 10.0. The summed E-state index contributed by atoms with van der Waals surface area (Å²) >= 11 is 0. The highest BCUT2D eigenvalue weighted by Gasteiger charge is 2.17. The van der Waals surface area contributed by atoms with E-state index in [0.717, 1.165) is 32.4 Å². The zero-order valence-corrected chi connectivity index (χ0v) is 17.8. The van der Waals surface area contributed by atoms with E-state index in [-0.39, 0.29) is 17.8 Å². The Morgan fingerprint density at radius 1 is 1.25 bits per heavy atom. The molecular weight excluding hydrogens is 376 g/mol. The molecule has 0 aliphatic carbocycles. The van der Waals surface area contributed by atoms with Crippen molar-refractivity contribution in [3.63, 3.8) is 0 Å². The van der Waals surface area contributed by atoms with Gasteiger partial charge in [-0.15, -0.1) is 0 Å². The molecule has 1 aliphatic rings. The number of ether oxygens (including phenoxy) is 1. The van der Waals surface area contributed by atoms with Crippen molar-refractivity contribution < 1.29 is 13.2 Å². The van der Waals surface area contributed by atoms with Crippen molar-refractivity contribution in [2.75, 3.05) is 38.5 Å². The minimum atomic E-state index is -3.34. The van der Waals surface area contributed by atoms with Gasteiger partial charge in [-0.1, -0.05) is 37.3 Å². The van der Waals surface area contributed by atoms with Gasteiger partial charge in [-0.3, -0.25) is 4.99 Å². The molecular formula is C20H34N4O3S. The van der Waals surface area contributed by atoms with E-state index in [1.165, 1.54) is 5.56 Å². The van der Waals surface area contributed by atoms with Crippen LogP contribution in [0.5, 0.6) is 0 Å². The molecule has 158 valence electrons. The molecule has 2 unspecified atom stereocenters. The lowest BCUT2D eigenvalue weighted by molar-refractivity contribution is 0.0200. The summed E-state index contributed by atoms with van der Waals surface area (Å²) in [6.07, 6.45) is 3.06. The number of sulfonamides is 1. The minimum Gasteiger partial charge on any atom is -0.377 e. The minimum absolute atomic E-state index is 0.00161. The smallest absolute Gasteiger partial charge is 0.213 e.